The minimum atomic E-state index is -4.44. The van der Waals surface area contributed by atoms with E-state index < -0.39 is 29.9 Å². The smallest absolute Gasteiger partial charge is 0.394 e. The number of halogens is 3. The number of carboxylic acid groups (broad SMARTS) is 1. The molecule has 1 amide bonds. The Bertz CT molecular complexity index is 287. The van der Waals surface area contributed by atoms with Crippen LogP contribution in [0.3, 0.4) is 0 Å². The summed E-state index contributed by atoms with van der Waals surface area (Å²) in [6.45, 7) is 1.97. The standard InChI is InChI=1S/C10H16F3NO3/c1-9(2,10(11,12)13)6-7(15)14-5-3-4-8(16)17/h3-6H2,1-2H3,(H,14,15)(H,16,17). The first-order valence-corrected chi connectivity index (χ1v) is 5.11. The summed E-state index contributed by atoms with van der Waals surface area (Å²) in [6.07, 6.45) is -5.02. The Morgan fingerprint density at radius 3 is 2.18 bits per heavy atom. The minimum Gasteiger partial charge on any atom is -0.481 e. The van der Waals surface area contributed by atoms with Crippen LogP contribution in [0.1, 0.15) is 33.1 Å². The van der Waals surface area contributed by atoms with Crippen LogP contribution in [0, 0.1) is 5.41 Å². The molecule has 0 bridgehead atoms. The molecule has 0 aliphatic rings. The molecule has 0 spiro atoms. The molecule has 0 fully saturated rings. The SMILES string of the molecule is CC(C)(CC(=O)NCCCC(=O)O)C(F)(F)F. The lowest BCUT2D eigenvalue weighted by atomic mass is 9.88. The van der Waals surface area contributed by atoms with E-state index in [-0.39, 0.29) is 19.4 Å². The van der Waals surface area contributed by atoms with Gasteiger partial charge in [-0.15, -0.1) is 0 Å². The number of nitrogens with one attached hydrogen (secondary N) is 1. The lowest BCUT2D eigenvalue weighted by Gasteiger charge is -2.26. The number of hydrogen-bond acceptors (Lipinski definition) is 2. The van der Waals surface area contributed by atoms with E-state index in [0.29, 0.717) is 0 Å². The summed E-state index contributed by atoms with van der Waals surface area (Å²) in [5.41, 5.74) is -2.08. The van der Waals surface area contributed by atoms with Crippen LogP contribution in [0.15, 0.2) is 0 Å². The van der Waals surface area contributed by atoms with Gasteiger partial charge in [0.2, 0.25) is 5.91 Å². The normalized spacial score (nSPS) is 12.3. The van der Waals surface area contributed by atoms with Crippen LogP contribution >= 0.6 is 0 Å². The van der Waals surface area contributed by atoms with Gasteiger partial charge in [-0.1, -0.05) is 13.8 Å². The highest BCUT2D eigenvalue weighted by atomic mass is 19.4. The molecule has 0 aromatic carbocycles. The molecule has 0 aliphatic carbocycles. The maximum Gasteiger partial charge on any atom is 0.394 e. The predicted octanol–water partition coefficient (Wildman–Crippen LogP) is 1.95. The number of amides is 1. The third-order valence-electron chi connectivity index (χ3n) is 2.26. The van der Waals surface area contributed by atoms with Crippen LogP contribution in [0.4, 0.5) is 13.2 Å². The van der Waals surface area contributed by atoms with Crippen molar-refractivity contribution < 1.29 is 27.9 Å². The summed E-state index contributed by atoms with van der Waals surface area (Å²) < 4.78 is 37.3. The van der Waals surface area contributed by atoms with Crippen molar-refractivity contribution >= 4 is 11.9 Å². The van der Waals surface area contributed by atoms with Crippen molar-refractivity contribution in [2.75, 3.05) is 6.54 Å². The van der Waals surface area contributed by atoms with Gasteiger partial charge in [0.25, 0.3) is 0 Å². The molecule has 0 heterocycles. The van der Waals surface area contributed by atoms with E-state index in [0.717, 1.165) is 13.8 Å². The van der Waals surface area contributed by atoms with Gasteiger partial charge in [-0.05, 0) is 6.42 Å². The van der Waals surface area contributed by atoms with Crippen LogP contribution in [-0.2, 0) is 9.59 Å². The van der Waals surface area contributed by atoms with Crippen molar-refractivity contribution in [2.45, 2.75) is 39.3 Å². The third-order valence-corrected chi connectivity index (χ3v) is 2.26. The highest BCUT2D eigenvalue weighted by Crippen LogP contribution is 2.40. The highest BCUT2D eigenvalue weighted by Gasteiger charge is 2.48. The Morgan fingerprint density at radius 1 is 1.24 bits per heavy atom. The van der Waals surface area contributed by atoms with Crippen molar-refractivity contribution in [2.24, 2.45) is 5.41 Å². The van der Waals surface area contributed by atoms with E-state index in [4.69, 9.17) is 5.11 Å². The largest absolute Gasteiger partial charge is 0.481 e. The van der Waals surface area contributed by atoms with Crippen LogP contribution in [-0.4, -0.2) is 29.7 Å². The molecule has 0 aromatic heterocycles. The van der Waals surface area contributed by atoms with Gasteiger partial charge in [-0.25, -0.2) is 0 Å². The fraction of sp³-hybridized carbons (Fsp3) is 0.800. The van der Waals surface area contributed by atoms with Crippen molar-refractivity contribution in [1.29, 1.82) is 0 Å². The third kappa shape index (κ3) is 6.13. The molecule has 0 unspecified atom stereocenters. The number of carbonyl (C=O) groups excluding carboxylic acids is 1. The number of alkyl halides is 3. The molecule has 0 aromatic rings. The lowest BCUT2D eigenvalue weighted by molar-refractivity contribution is -0.213. The van der Waals surface area contributed by atoms with E-state index in [1.165, 1.54) is 0 Å². The topological polar surface area (TPSA) is 66.4 Å². The van der Waals surface area contributed by atoms with Gasteiger partial charge in [-0.2, -0.15) is 13.2 Å². The predicted molar refractivity (Wildman–Crippen MR) is 54.3 cm³/mol. The van der Waals surface area contributed by atoms with Gasteiger partial charge in [0.1, 0.15) is 0 Å². The Labute approximate surface area is 97.2 Å². The average Bonchev–Trinajstić information content (AvgIpc) is 2.09. The van der Waals surface area contributed by atoms with E-state index in [1.54, 1.807) is 0 Å². The van der Waals surface area contributed by atoms with E-state index in [2.05, 4.69) is 5.32 Å². The van der Waals surface area contributed by atoms with Crippen LogP contribution in [0.5, 0.6) is 0 Å². The number of carboxylic acids is 1. The van der Waals surface area contributed by atoms with Gasteiger partial charge >= 0.3 is 12.1 Å². The zero-order valence-electron chi connectivity index (χ0n) is 9.73. The molecule has 0 saturated carbocycles. The molecule has 100 valence electrons. The maximum absolute atomic E-state index is 12.4. The first-order chi connectivity index (χ1) is 7.56. The van der Waals surface area contributed by atoms with Crippen LogP contribution in [0.2, 0.25) is 0 Å². The second-order valence-corrected chi connectivity index (χ2v) is 4.41. The van der Waals surface area contributed by atoms with E-state index in [9.17, 15) is 22.8 Å². The molecule has 0 rings (SSSR count). The summed E-state index contributed by atoms with van der Waals surface area (Å²) in [5.74, 6) is -1.73. The molecular formula is C10H16F3NO3. The van der Waals surface area contributed by atoms with E-state index >= 15 is 0 Å². The average molecular weight is 255 g/mol. The summed E-state index contributed by atoms with van der Waals surface area (Å²) in [6, 6.07) is 0. The molecule has 0 aliphatic heterocycles. The Morgan fingerprint density at radius 2 is 1.76 bits per heavy atom. The zero-order valence-corrected chi connectivity index (χ0v) is 9.73. The molecule has 0 saturated heterocycles. The van der Waals surface area contributed by atoms with Crippen molar-refractivity contribution in [3.8, 4) is 0 Å². The maximum atomic E-state index is 12.4. The molecular weight excluding hydrogens is 239 g/mol. The molecule has 7 heteroatoms. The highest BCUT2D eigenvalue weighted by molar-refractivity contribution is 5.76. The molecule has 4 nitrogen and oxygen atoms in total. The number of aliphatic carboxylic acids is 1. The summed E-state index contributed by atoms with van der Waals surface area (Å²) >= 11 is 0. The summed E-state index contributed by atoms with van der Waals surface area (Å²) in [4.78, 5) is 21.3. The van der Waals surface area contributed by atoms with Gasteiger partial charge < -0.3 is 10.4 Å². The second kappa shape index (κ2) is 5.88. The zero-order chi connectivity index (χ0) is 13.7. The van der Waals surface area contributed by atoms with Gasteiger partial charge in [0, 0.05) is 19.4 Å². The first kappa shape index (κ1) is 15.7. The fourth-order valence-corrected chi connectivity index (χ4v) is 1.03. The number of rotatable bonds is 6. The lowest BCUT2D eigenvalue weighted by Crippen LogP contribution is -2.38. The van der Waals surface area contributed by atoms with Crippen molar-refractivity contribution in [3.05, 3.63) is 0 Å². The van der Waals surface area contributed by atoms with Crippen molar-refractivity contribution in [3.63, 3.8) is 0 Å². The van der Waals surface area contributed by atoms with Gasteiger partial charge in [-0.3, -0.25) is 9.59 Å². The molecule has 0 atom stereocenters. The molecule has 2 N–H and O–H groups in total. The number of carbonyl (C=O) groups is 2. The quantitative estimate of drug-likeness (QED) is 0.713. The van der Waals surface area contributed by atoms with Crippen molar-refractivity contribution in [1.82, 2.24) is 5.32 Å². The molecule has 0 radical (unpaired) electrons. The number of hydrogen-bond donors (Lipinski definition) is 2. The minimum absolute atomic E-state index is 0.0685. The van der Waals surface area contributed by atoms with E-state index in [1.807, 2.05) is 0 Å². The Hall–Kier alpha value is -1.27. The first-order valence-electron chi connectivity index (χ1n) is 5.11. The second-order valence-electron chi connectivity index (χ2n) is 4.41. The monoisotopic (exact) mass is 255 g/mol. The molecule has 17 heavy (non-hydrogen) atoms. The van der Waals surface area contributed by atoms with Crippen LogP contribution < -0.4 is 5.32 Å². The van der Waals surface area contributed by atoms with Gasteiger partial charge in [0.15, 0.2) is 0 Å². The Balaban J connectivity index is 3.98. The Kier molecular flexibility index (Phi) is 5.44. The summed E-state index contributed by atoms with van der Waals surface area (Å²) in [7, 11) is 0. The van der Waals surface area contributed by atoms with Crippen LogP contribution in [0.25, 0.3) is 0 Å². The fourth-order valence-electron chi connectivity index (χ4n) is 1.03. The van der Waals surface area contributed by atoms with Gasteiger partial charge in [0.05, 0.1) is 5.41 Å². The summed E-state index contributed by atoms with van der Waals surface area (Å²) in [5, 5.41) is 10.6.